The van der Waals surface area contributed by atoms with E-state index in [2.05, 4.69) is 20.9 Å². The fourth-order valence-corrected chi connectivity index (χ4v) is 2.05. The molecule has 0 aliphatic carbocycles. The molecule has 1 aromatic heterocycles. The predicted molar refractivity (Wildman–Crippen MR) is 71.5 cm³/mol. The number of carbonyl (C=O) groups excluding carboxylic acids is 2. The maximum absolute atomic E-state index is 11.6. The lowest BCUT2D eigenvalue weighted by Crippen LogP contribution is -2.36. The van der Waals surface area contributed by atoms with Gasteiger partial charge in [-0.25, -0.2) is 0 Å². The second-order valence-corrected chi connectivity index (χ2v) is 4.56. The summed E-state index contributed by atoms with van der Waals surface area (Å²) in [6.07, 6.45) is 5.75. The molecule has 6 nitrogen and oxygen atoms in total. The lowest BCUT2D eigenvalue weighted by Gasteiger charge is -2.10. The molecule has 1 aliphatic heterocycles. The van der Waals surface area contributed by atoms with Crippen molar-refractivity contribution in [2.45, 2.75) is 25.3 Å². The van der Waals surface area contributed by atoms with Crippen molar-refractivity contribution in [3.63, 3.8) is 0 Å². The van der Waals surface area contributed by atoms with Gasteiger partial charge in [0.1, 0.15) is 0 Å². The van der Waals surface area contributed by atoms with Crippen molar-refractivity contribution in [1.29, 1.82) is 0 Å². The van der Waals surface area contributed by atoms with Crippen LogP contribution in [-0.2, 0) is 9.59 Å². The Morgan fingerprint density at radius 2 is 2.32 bits per heavy atom. The van der Waals surface area contributed by atoms with Gasteiger partial charge in [-0.05, 0) is 31.5 Å². The smallest absolute Gasteiger partial charge is 0.243 e. The summed E-state index contributed by atoms with van der Waals surface area (Å²) in [6, 6.07) is 3.73. The number of hydrogen-bond acceptors (Lipinski definition) is 4. The maximum atomic E-state index is 11.6. The molecule has 1 aliphatic rings. The Hall–Kier alpha value is -1.95. The molecular formula is C13H18N4O2. The summed E-state index contributed by atoms with van der Waals surface area (Å²) in [5.74, 6) is -0.346. The lowest BCUT2D eigenvalue weighted by molar-refractivity contribution is -0.124. The van der Waals surface area contributed by atoms with E-state index in [1.165, 1.54) is 0 Å². The predicted octanol–water partition coefficient (Wildman–Crippen LogP) is 0.278. The van der Waals surface area contributed by atoms with Gasteiger partial charge in [-0.3, -0.25) is 14.6 Å². The van der Waals surface area contributed by atoms with Crippen LogP contribution in [0.2, 0.25) is 0 Å². The third kappa shape index (κ3) is 4.67. The first-order chi connectivity index (χ1) is 9.24. The second-order valence-electron chi connectivity index (χ2n) is 4.56. The highest BCUT2D eigenvalue weighted by atomic mass is 16.2. The molecule has 3 N–H and O–H groups in total. The number of anilines is 1. The second kappa shape index (κ2) is 6.84. The van der Waals surface area contributed by atoms with Crippen LogP contribution >= 0.6 is 0 Å². The summed E-state index contributed by atoms with van der Waals surface area (Å²) >= 11 is 0. The Morgan fingerprint density at radius 3 is 3.00 bits per heavy atom. The molecule has 2 heterocycles. The number of nitrogens with one attached hydrogen (secondary N) is 3. The maximum Gasteiger partial charge on any atom is 0.243 e. The largest absolute Gasteiger partial charge is 0.347 e. The van der Waals surface area contributed by atoms with Crippen LogP contribution in [-0.4, -0.2) is 35.9 Å². The normalized spacial score (nSPS) is 18.0. The van der Waals surface area contributed by atoms with Gasteiger partial charge in [-0.15, -0.1) is 0 Å². The van der Waals surface area contributed by atoms with Crippen LogP contribution in [0, 0.1) is 0 Å². The van der Waals surface area contributed by atoms with E-state index in [4.69, 9.17) is 0 Å². The van der Waals surface area contributed by atoms with Gasteiger partial charge in [0.15, 0.2) is 0 Å². The minimum atomic E-state index is -0.249. The summed E-state index contributed by atoms with van der Waals surface area (Å²) in [5.41, 5.74) is 0.624. The molecular weight excluding hydrogens is 244 g/mol. The van der Waals surface area contributed by atoms with E-state index in [0.29, 0.717) is 12.1 Å². The van der Waals surface area contributed by atoms with Crippen molar-refractivity contribution in [3.05, 3.63) is 24.5 Å². The lowest BCUT2D eigenvalue weighted by atomic mass is 10.1. The molecule has 1 saturated heterocycles. The van der Waals surface area contributed by atoms with E-state index < -0.39 is 0 Å². The third-order valence-electron chi connectivity index (χ3n) is 2.99. The van der Waals surface area contributed by atoms with Gasteiger partial charge in [-0.2, -0.15) is 0 Å². The molecule has 0 bridgehead atoms. The monoisotopic (exact) mass is 262 g/mol. The Kier molecular flexibility index (Phi) is 4.85. The van der Waals surface area contributed by atoms with Crippen molar-refractivity contribution in [1.82, 2.24) is 15.6 Å². The highest BCUT2D eigenvalue weighted by Gasteiger charge is 2.17. The van der Waals surface area contributed by atoms with Gasteiger partial charge < -0.3 is 16.0 Å². The van der Waals surface area contributed by atoms with Gasteiger partial charge in [0.05, 0.1) is 18.4 Å². The molecule has 2 rings (SSSR count). The van der Waals surface area contributed by atoms with Crippen LogP contribution in [0.15, 0.2) is 24.5 Å². The average Bonchev–Trinajstić information content (AvgIpc) is 2.90. The zero-order valence-corrected chi connectivity index (χ0v) is 10.7. The minimum Gasteiger partial charge on any atom is -0.347 e. The Morgan fingerprint density at radius 1 is 1.42 bits per heavy atom. The van der Waals surface area contributed by atoms with Gasteiger partial charge in [-0.1, -0.05) is 0 Å². The number of pyridine rings is 1. The summed E-state index contributed by atoms with van der Waals surface area (Å²) in [7, 11) is 0. The van der Waals surface area contributed by atoms with Crippen LogP contribution in [0.3, 0.4) is 0 Å². The fourth-order valence-electron chi connectivity index (χ4n) is 2.05. The van der Waals surface area contributed by atoms with Crippen LogP contribution in [0.5, 0.6) is 0 Å². The molecule has 6 heteroatoms. The number of amides is 2. The molecule has 0 saturated carbocycles. The van der Waals surface area contributed by atoms with Crippen LogP contribution < -0.4 is 16.0 Å². The quantitative estimate of drug-likeness (QED) is 0.711. The van der Waals surface area contributed by atoms with Crippen molar-refractivity contribution in [3.8, 4) is 0 Å². The van der Waals surface area contributed by atoms with Crippen molar-refractivity contribution >= 4 is 17.5 Å². The number of nitrogens with zero attached hydrogens (tertiary/aromatic N) is 1. The number of carbonyl (C=O) groups is 2. The fraction of sp³-hybridized carbons (Fsp3) is 0.462. The highest BCUT2D eigenvalue weighted by molar-refractivity contribution is 5.94. The SMILES string of the molecule is O=C(CC1CCCN1)NCC(=O)Nc1cccnc1. The van der Waals surface area contributed by atoms with E-state index in [1.54, 1.807) is 24.5 Å². The molecule has 0 radical (unpaired) electrons. The molecule has 1 fully saturated rings. The average molecular weight is 262 g/mol. The zero-order valence-electron chi connectivity index (χ0n) is 10.7. The highest BCUT2D eigenvalue weighted by Crippen LogP contribution is 2.08. The van der Waals surface area contributed by atoms with Gasteiger partial charge in [0.25, 0.3) is 0 Å². The summed E-state index contributed by atoms with van der Waals surface area (Å²) in [4.78, 5) is 27.1. The van der Waals surface area contributed by atoms with Crippen molar-refractivity contribution < 1.29 is 9.59 Å². The van der Waals surface area contributed by atoms with Crippen LogP contribution in [0.4, 0.5) is 5.69 Å². The molecule has 1 aromatic rings. The molecule has 19 heavy (non-hydrogen) atoms. The molecule has 0 aromatic carbocycles. The third-order valence-corrected chi connectivity index (χ3v) is 2.99. The van der Waals surface area contributed by atoms with Gasteiger partial charge in [0, 0.05) is 18.7 Å². The molecule has 1 unspecified atom stereocenters. The van der Waals surface area contributed by atoms with E-state index in [0.717, 1.165) is 19.4 Å². The standard InChI is InChI=1S/C13H18N4O2/c18-12(7-10-3-2-6-15-10)16-9-13(19)17-11-4-1-5-14-8-11/h1,4-5,8,10,15H,2-3,6-7,9H2,(H,16,18)(H,17,19). The van der Waals surface area contributed by atoms with Crippen LogP contribution in [0.25, 0.3) is 0 Å². The van der Waals surface area contributed by atoms with Crippen molar-refractivity contribution in [2.75, 3.05) is 18.4 Å². The summed E-state index contributed by atoms with van der Waals surface area (Å²) in [6.45, 7) is 0.958. The molecule has 102 valence electrons. The van der Waals surface area contributed by atoms with Gasteiger partial charge in [0.2, 0.25) is 11.8 Å². The number of aromatic nitrogens is 1. The molecule has 0 spiro atoms. The first kappa shape index (κ1) is 13.5. The topological polar surface area (TPSA) is 83.1 Å². The van der Waals surface area contributed by atoms with E-state index >= 15 is 0 Å². The number of hydrogen-bond donors (Lipinski definition) is 3. The Labute approximate surface area is 112 Å². The molecule has 1 atom stereocenters. The summed E-state index contributed by atoms with van der Waals surface area (Å²) < 4.78 is 0. The number of rotatable bonds is 5. The van der Waals surface area contributed by atoms with E-state index in [9.17, 15) is 9.59 Å². The van der Waals surface area contributed by atoms with E-state index in [1.807, 2.05) is 0 Å². The zero-order chi connectivity index (χ0) is 13.5. The van der Waals surface area contributed by atoms with Crippen molar-refractivity contribution in [2.24, 2.45) is 0 Å². The van der Waals surface area contributed by atoms with Gasteiger partial charge >= 0.3 is 0 Å². The first-order valence-corrected chi connectivity index (χ1v) is 6.44. The Balaban J connectivity index is 1.67. The first-order valence-electron chi connectivity index (χ1n) is 6.44. The Bertz CT molecular complexity index is 430. The van der Waals surface area contributed by atoms with Crippen LogP contribution in [0.1, 0.15) is 19.3 Å². The molecule has 2 amide bonds. The summed E-state index contributed by atoms with van der Waals surface area (Å²) in [5, 5.41) is 8.52. The minimum absolute atomic E-state index is 0.0134. The van der Waals surface area contributed by atoms with E-state index in [-0.39, 0.29) is 24.4 Å².